The highest BCUT2D eigenvalue weighted by molar-refractivity contribution is 6.30. The van der Waals surface area contributed by atoms with Crippen LogP contribution in [-0.2, 0) is 4.79 Å². The number of carboxylic acids is 1. The van der Waals surface area contributed by atoms with Gasteiger partial charge < -0.3 is 10.0 Å². The molecule has 1 fully saturated rings. The van der Waals surface area contributed by atoms with Gasteiger partial charge in [0.15, 0.2) is 0 Å². The van der Waals surface area contributed by atoms with Crippen LogP contribution in [-0.4, -0.2) is 34.5 Å². The van der Waals surface area contributed by atoms with Gasteiger partial charge in [0.1, 0.15) is 11.6 Å². The largest absolute Gasteiger partial charge is 0.481 e. The maximum absolute atomic E-state index is 13.7. The van der Waals surface area contributed by atoms with Crippen molar-refractivity contribution in [2.24, 2.45) is 0 Å². The molecule has 20 heavy (non-hydrogen) atoms. The summed E-state index contributed by atoms with van der Waals surface area (Å²) in [5.41, 5.74) is -0.427. The molecule has 4 nitrogen and oxygen atoms in total. The summed E-state index contributed by atoms with van der Waals surface area (Å²) in [6.07, 6.45) is 1.24. The molecule has 1 aliphatic carbocycles. The Kier molecular flexibility index (Phi) is 4.23. The van der Waals surface area contributed by atoms with E-state index in [2.05, 4.69) is 0 Å². The topological polar surface area (TPSA) is 57.6 Å². The molecule has 0 radical (unpaired) electrons. The molecule has 0 atom stereocenters. The lowest BCUT2D eigenvalue weighted by Gasteiger charge is -2.22. The minimum atomic E-state index is -1.05. The van der Waals surface area contributed by atoms with Crippen LogP contribution in [0, 0.1) is 11.6 Å². The van der Waals surface area contributed by atoms with Gasteiger partial charge in [0.05, 0.1) is 17.0 Å². The van der Waals surface area contributed by atoms with E-state index in [9.17, 15) is 18.4 Å². The predicted molar refractivity (Wildman–Crippen MR) is 67.7 cm³/mol. The molecule has 1 amide bonds. The van der Waals surface area contributed by atoms with Crippen molar-refractivity contribution < 1.29 is 23.5 Å². The Hall–Kier alpha value is -1.69. The molecule has 0 bridgehead atoms. The van der Waals surface area contributed by atoms with Gasteiger partial charge in [-0.3, -0.25) is 9.59 Å². The number of carboxylic acid groups (broad SMARTS) is 1. The van der Waals surface area contributed by atoms with Gasteiger partial charge in [-0.05, 0) is 25.0 Å². The molecule has 1 aliphatic rings. The van der Waals surface area contributed by atoms with Crippen molar-refractivity contribution in [1.29, 1.82) is 0 Å². The first kappa shape index (κ1) is 14.7. The second-order valence-corrected chi connectivity index (χ2v) is 5.03. The van der Waals surface area contributed by atoms with E-state index in [1.165, 1.54) is 4.90 Å². The number of benzene rings is 1. The van der Waals surface area contributed by atoms with Crippen molar-refractivity contribution in [3.63, 3.8) is 0 Å². The average Bonchev–Trinajstić information content (AvgIpc) is 3.18. The predicted octanol–water partition coefficient (Wildman–Crippen LogP) is 2.70. The summed E-state index contributed by atoms with van der Waals surface area (Å²) in [5, 5.41) is 8.26. The number of hydrogen-bond acceptors (Lipinski definition) is 2. The summed E-state index contributed by atoms with van der Waals surface area (Å²) in [5.74, 6) is -3.55. The van der Waals surface area contributed by atoms with Crippen LogP contribution in [0.15, 0.2) is 12.1 Å². The zero-order valence-corrected chi connectivity index (χ0v) is 11.2. The van der Waals surface area contributed by atoms with Crippen molar-refractivity contribution in [2.75, 3.05) is 6.54 Å². The lowest BCUT2D eigenvalue weighted by molar-refractivity contribution is -0.137. The lowest BCUT2D eigenvalue weighted by atomic mass is 10.1. The molecule has 108 valence electrons. The van der Waals surface area contributed by atoms with E-state index >= 15 is 0 Å². The minimum Gasteiger partial charge on any atom is -0.481 e. The third-order valence-electron chi connectivity index (χ3n) is 3.06. The number of rotatable bonds is 5. The van der Waals surface area contributed by atoms with Crippen LogP contribution in [0.5, 0.6) is 0 Å². The molecule has 7 heteroatoms. The first-order valence-corrected chi connectivity index (χ1v) is 6.45. The summed E-state index contributed by atoms with van der Waals surface area (Å²) in [6, 6.07) is 1.39. The number of hydrogen-bond donors (Lipinski definition) is 1. The van der Waals surface area contributed by atoms with E-state index in [1.807, 2.05) is 0 Å². The second kappa shape index (κ2) is 5.75. The Morgan fingerprint density at radius 3 is 2.50 bits per heavy atom. The summed E-state index contributed by atoms with van der Waals surface area (Å²) < 4.78 is 27.1. The molecule has 0 spiro atoms. The van der Waals surface area contributed by atoms with Gasteiger partial charge in [-0.15, -0.1) is 0 Å². The normalized spacial score (nSPS) is 14.2. The Labute approximate surface area is 118 Å². The quantitative estimate of drug-likeness (QED) is 0.851. The van der Waals surface area contributed by atoms with E-state index in [1.54, 1.807) is 0 Å². The monoisotopic (exact) mass is 303 g/mol. The molecule has 0 aliphatic heterocycles. The van der Waals surface area contributed by atoms with Gasteiger partial charge in [-0.25, -0.2) is 8.78 Å². The molecule has 2 rings (SSSR count). The summed E-state index contributed by atoms with van der Waals surface area (Å²) >= 11 is 5.43. The molecule has 1 N–H and O–H groups in total. The standard InChI is InChI=1S/C13H12ClF2NO3/c14-9-6-10(15)8(5-11(9)16)13(20)17(7-1-2-7)4-3-12(18)19/h5-7H,1-4H2,(H,18,19). The maximum Gasteiger partial charge on any atom is 0.305 e. The molecule has 0 heterocycles. The highest BCUT2D eigenvalue weighted by atomic mass is 35.5. The third-order valence-corrected chi connectivity index (χ3v) is 3.35. The van der Waals surface area contributed by atoms with Crippen LogP contribution in [0.3, 0.4) is 0 Å². The minimum absolute atomic E-state index is 0.0253. The fraction of sp³-hybridized carbons (Fsp3) is 0.385. The molecule has 0 saturated heterocycles. The van der Waals surface area contributed by atoms with Gasteiger partial charge in [-0.2, -0.15) is 0 Å². The first-order chi connectivity index (χ1) is 9.40. The second-order valence-electron chi connectivity index (χ2n) is 4.62. The van der Waals surface area contributed by atoms with Crippen molar-refractivity contribution in [2.45, 2.75) is 25.3 Å². The van der Waals surface area contributed by atoms with Crippen LogP contribution in [0.2, 0.25) is 5.02 Å². The van der Waals surface area contributed by atoms with Gasteiger partial charge in [0.2, 0.25) is 0 Å². The summed E-state index contributed by atoms with van der Waals surface area (Å²) in [6.45, 7) is -0.0253. The van der Waals surface area contributed by atoms with Gasteiger partial charge >= 0.3 is 5.97 Å². The van der Waals surface area contributed by atoms with Crippen molar-refractivity contribution in [3.8, 4) is 0 Å². The van der Waals surface area contributed by atoms with Crippen LogP contribution in [0.25, 0.3) is 0 Å². The van der Waals surface area contributed by atoms with E-state index in [4.69, 9.17) is 16.7 Å². The molecular formula is C13H12ClF2NO3. The lowest BCUT2D eigenvalue weighted by Crippen LogP contribution is -2.35. The SMILES string of the molecule is O=C(O)CCN(C(=O)c1cc(F)c(Cl)cc1F)C1CC1. The Balaban J connectivity index is 2.23. The first-order valence-electron chi connectivity index (χ1n) is 6.07. The third kappa shape index (κ3) is 3.25. The molecular weight excluding hydrogens is 292 g/mol. The van der Waals surface area contributed by atoms with Crippen LogP contribution in [0.4, 0.5) is 8.78 Å². The van der Waals surface area contributed by atoms with Crippen molar-refractivity contribution in [3.05, 3.63) is 34.4 Å². The molecule has 1 aromatic carbocycles. The Bertz CT molecular complexity index is 561. The highest BCUT2D eigenvalue weighted by Gasteiger charge is 2.34. The van der Waals surface area contributed by atoms with E-state index in [0.29, 0.717) is 0 Å². The zero-order chi connectivity index (χ0) is 14.9. The molecule has 0 aromatic heterocycles. The fourth-order valence-corrected chi connectivity index (χ4v) is 2.04. The average molecular weight is 304 g/mol. The van der Waals surface area contributed by atoms with E-state index in [0.717, 1.165) is 25.0 Å². The number of carbonyl (C=O) groups is 2. The van der Waals surface area contributed by atoms with Crippen molar-refractivity contribution in [1.82, 2.24) is 4.90 Å². The van der Waals surface area contributed by atoms with Crippen LogP contribution >= 0.6 is 11.6 Å². The number of aliphatic carboxylic acids is 1. The number of amides is 1. The Morgan fingerprint density at radius 2 is 1.95 bits per heavy atom. The van der Waals surface area contributed by atoms with Gasteiger partial charge in [-0.1, -0.05) is 11.6 Å². The van der Waals surface area contributed by atoms with E-state index in [-0.39, 0.29) is 19.0 Å². The summed E-state index contributed by atoms with van der Waals surface area (Å²) in [7, 11) is 0. The Morgan fingerprint density at radius 1 is 1.30 bits per heavy atom. The maximum atomic E-state index is 13.7. The van der Waals surface area contributed by atoms with Crippen LogP contribution < -0.4 is 0 Å². The van der Waals surface area contributed by atoms with E-state index < -0.39 is 34.1 Å². The smallest absolute Gasteiger partial charge is 0.305 e. The summed E-state index contributed by atoms with van der Waals surface area (Å²) in [4.78, 5) is 24.1. The molecule has 1 saturated carbocycles. The molecule has 1 aromatic rings. The van der Waals surface area contributed by atoms with Gasteiger partial charge in [0, 0.05) is 12.6 Å². The zero-order valence-electron chi connectivity index (χ0n) is 10.4. The van der Waals surface area contributed by atoms with Crippen LogP contribution in [0.1, 0.15) is 29.6 Å². The fourth-order valence-electron chi connectivity index (χ4n) is 1.89. The molecule has 0 unspecified atom stereocenters. The van der Waals surface area contributed by atoms with Crippen molar-refractivity contribution >= 4 is 23.5 Å². The number of nitrogens with zero attached hydrogens (tertiary/aromatic N) is 1. The number of halogens is 3. The number of carbonyl (C=O) groups excluding carboxylic acids is 1. The van der Waals surface area contributed by atoms with Gasteiger partial charge in [0.25, 0.3) is 5.91 Å². The highest BCUT2D eigenvalue weighted by Crippen LogP contribution is 2.29.